The number of hydrogen-bond donors (Lipinski definition) is 2. The van der Waals surface area contributed by atoms with Crippen LogP contribution in [0.15, 0.2) is 12.1 Å². The summed E-state index contributed by atoms with van der Waals surface area (Å²) in [5, 5.41) is 16.4. The standard InChI is InChI=1S/C17H21N5O3/c1-8-6-9(2)19-16(18-8)22-11(7-10(3)21-22)20-14(23)12-13(15(24)25)17(12,4)5/h6-7,12-13H,1-5H3,(H,20,23)(H,24,25). The fourth-order valence-corrected chi connectivity index (χ4v) is 3.33. The second-order valence-corrected chi connectivity index (χ2v) is 7.14. The monoisotopic (exact) mass is 343 g/mol. The fourth-order valence-electron chi connectivity index (χ4n) is 3.33. The number of carboxylic acid groups (broad SMARTS) is 1. The van der Waals surface area contributed by atoms with E-state index >= 15 is 0 Å². The Kier molecular flexibility index (Phi) is 3.85. The summed E-state index contributed by atoms with van der Waals surface area (Å²) in [6.45, 7) is 9.08. The van der Waals surface area contributed by atoms with Gasteiger partial charge in [-0.05, 0) is 32.3 Å². The maximum atomic E-state index is 12.6. The van der Waals surface area contributed by atoms with Crippen LogP contribution >= 0.6 is 0 Å². The lowest BCUT2D eigenvalue weighted by Gasteiger charge is -2.09. The van der Waals surface area contributed by atoms with Gasteiger partial charge in [-0.15, -0.1) is 0 Å². The van der Waals surface area contributed by atoms with Gasteiger partial charge in [0.05, 0.1) is 17.5 Å². The minimum absolute atomic E-state index is 0.331. The normalized spacial score (nSPS) is 21.0. The first kappa shape index (κ1) is 17.1. The van der Waals surface area contributed by atoms with Crippen LogP contribution in [0.4, 0.5) is 5.82 Å². The lowest BCUT2D eigenvalue weighted by Crippen LogP contribution is -2.20. The van der Waals surface area contributed by atoms with Gasteiger partial charge in [-0.1, -0.05) is 13.8 Å². The van der Waals surface area contributed by atoms with Gasteiger partial charge in [-0.25, -0.2) is 9.97 Å². The van der Waals surface area contributed by atoms with Crippen molar-refractivity contribution in [2.75, 3.05) is 5.32 Å². The first-order chi connectivity index (χ1) is 11.6. The quantitative estimate of drug-likeness (QED) is 0.877. The third-order valence-corrected chi connectivity index (χ3v) is 4.62. The Morgan fingerprint density at radius 3 is 2.20 bits per heavy atom. The predicted molar refractivity (Wildman–Crippen MR) is 90.4 cm³/mol. The minimum atomic E-state index is -0.951. The van der Waals surface area contributed by atoms with Gasteiger partial charge >= 0.3 is 5.97 Å². The molecule has 0 radical (unpaired) electrons. The van der Waals surface area contributed by atoms with E-state index in [4.69, 9.17) is 0 Å². The van der Waals surface area contributed by atoms with Crippen LogP contribution < -0.4 is 5.32 Å². The van der Waals surface area contributed by atoms with Crippen LogP contribution in [0, 0.1) is 38.0 Å². The Balaban J connectivity index is 1.90. The largest absolute Gasteiger partial charge is 0.481 e. The van der Waals surface area contributed by atoms with Crippen molar-refractivity contribution in [1.82, 2.24) is 19.7 Å². The summed E-state index contributed by atoms with van der Waals surface area (Å²) in [4.78, 5) is 32.6. The molecule has 2 unspecified atom stereocenters. The molecule has 3 rings (SSSR count). The highest BCUT2D eigenvalue weighted by Crippen LogP contribution is 2.58. The Morgan fingerprint density at radius 2 is 1.68 bits per heavy atom. The van der Waals surface area contributed by atoms with Gasteiger partial charge in [0.1, 0.15) is 5.82 Å². The van der Waals surface area contributed by atoms with Crippen molar-refractivity contribution in [3.63, 3.8) is 0 Å². The molecule has 1 saturated carbocycles. The summed E-state index contributed by atoms with van der Waals surface area (Å²) in [5.41, 5.74) is 1.72. The van der Waals surface area contributed by atoms with Crippen molar-refractivity contribution in [3.8, 4) is 5.95 Å². The average Bonchev–Trinajstić information content (AvgIpc) is 2.87. The topological polar surface area (TPSA) is 110 Å². The predicted octanol–water partition coefficient (Wildman–Crippen LogP) is 1.88. The number of aromatic nitrogens is 4. The van der Waals surface area contributed by atoms with Gasteiger partial charge in [0.25, 0.3) is 5.95 Å². The van der Waals surface area contributed by atoms with E-state index in [2.05, 4.69) is 20.4 Å². The first-order valence-corrected chi connectivity index (χ1v) is 8.04. The molecule has 8 nitrogen and oxygen atoms in total. The second-order valence-electron chi connectivity index (χ2n) is 7.14. The number of carbonyl (C=O) groups excluding carboxylic acids is 1. The van der Waals surface area contributed by atoms with E-state index in [0.717, 1.165) is 11.4 Å². The van der Waals surface area contributed by atoms with Gasteiger partial charge in [-0.3, -0.25) is 9.59 Å². The Bertz CT molecular complexity index is 851. The van der Waals surface area contributed by atoms with Crippen LogP contribution in [0.5, 0.6) is 0 Å². The molecule has 0 aromatic carbocycles. The Morgan fingerprint density at radius 1 is 1.08 bits per heavy atom. The Labute approximate surface area is 145 Å². The molecule has 25 heavy (non-hydrogen) atoms. The highest BCUT2D eigenvalue weighted by Gasteiger charge is 2.66. The summed E-state index contributed by atoms with van der Waals surface area (Å²) in [6, 6.07) is 3.56. The lowest BCUT2D eigenvalue weighted by atomic mass is 10.1. The van der Waals surface area contributed by atoms with E-state index in [1.807, 2.05) is 19.9 Å². The van der Waals surface area contributed by atoms with Crippen LogP contribution in [0.2, 0.25) is 0 Å². The van der Waals surface area contributed by atoms with Crippen molar-refractivity contribution in [2.45, 2.75) is 34.6 Å². The summed E-state index contributed by atoms with van der Waals surface area (Å²) >= 11 is 0. The van der Waals surface area contributed by atoms with Gasteiger partial charge < -0.3 is 10.4 Å². The molecule has 2 aromatic rings. The van der Waals surface area contributed by atoms with Crippen molar-refractivity contribution in [1.29, 1.82) is 0 Å². The minimum Gasteiger partial charge on any atom is -0.481 e. The number of hydrogen-bond acceptors (Lipinski definition) is 5. The smallest absolute Gasteiger partial charge is 0.307 e. The fraction of sp³-hybridized carbons (Fsp3) is 0.471. The second kappa shape index (κ2) is 5.65. The molecular weight excluding hydrogens is 322 g/mol. The summed E-state index contributed by atoms with van der Waals surface area (Å²) in [7, 11) is 0. The molecule has 8 heteroatoms. The third kappa shape index (κ3) is 2.99. The van der Waals surface area contributed by atoms with Gasteiger partial charge in [0.15, 0.2) is 0 Å². The van der Waals surface area contributed by atoms with Crippen LogP contribution in [0.25, 0.3) is 5.95 Å². The van der Waals surface area contributed by atoms with E-state index in [9.17, 15) is 14.7 Å². The first-order valence-electron chi connectivity index (χ1n) is 8.04. The zero-order valence-electron chi connectivity index (χ0n) is 14.9. The molecule has 2 aromatic heterocycles. The molecule has 2 heterocycles. The zero-order chi connectivity index (χ0) is 18.5. The zero-order valence-corrected chi connectivity index (χ0v) is 14.9. The lowest BCUT2D eigenvalue weighted by molar-refractivity contribution is -0.140. The van der Waals surface area contributed by atoms with E-state index < -0.39 is 23.2 Å². The number of anilines is 1. The molecular formula is C17H21N5O3. The molecule has 0 aliphatic heterocycles. The SMILES string of the molecule is Cc1cc(C)nc(-n2nc(C)cc2NC(=O)C2C(C(=O)O)C2(C)C)n1. The molecule has 1 aliphatic rings. The molecule has 1 fully saturated rings. The van der Waals surface area contributed by atoms with E-state index in [1.165, 1.54) is 4.68 Å². The van der Waals surface area contributed by atoms with Crippen LogP contribution in [0.1, 0.15) is 30.9 Å². The highest BCUT2D eigenvalue weighted by molar-refractivity contribution is 5.99. The van der Waals surface area contributed by atoms with Crippen molar-refractivity contribution in [3.05, 3.63) is 29.2 Å². The van der Waals surface area contributed by atoms with Crippen molar-refractivity contribution >= 4 is 17.7 Å². The number of aryl methyl sites for hydroxylation is 3. The number of nitrogens with one attached hydrogen (secondary N) is 1. The Hall–Kier alpha value is -2.77. The molecule has 2 N–H and O–H groups in total. The summed E-state index contributed by atoms with van der Waals surface area (Å²) in [6.07, 6.45) is 0. The van der Waals surface area contributed by atoms with E-state index in [-0.39, 0.29) is 5.91 Å². The number of rotatable bonds is 4. The van der Waals surface area contributed by atoms with E-state index in [0.29, 0.717) is 17.5 Å². The maximum absolute atomic E-state index is 12.6. The average molecular weight is 343 g/mol. The third-order valence-electron chi connectivity index (χ3n) is 4.62. The van der Waals surface area contributed by atoms with Crippen LogP contribution in [-0.2, 0) is 9.59 Å². The maximum Gasteiger partial charge on any atom is 0.307 e. The van der Waals surface area contributed by atoms with Crippen LogP contribution in [0.3, 0.4) is 0 Å². The molecule has 0 spiro atoms. The summed E-state index contributed by atoms with van der Waals surface area (Å²) in [5.74, 6) is -1.74. The highest BCUT2D eigenvalue weighted by atomic mass is 16.4. The molecule has 0 saturated heterocycles. The van der Waals surface area contributed by atoms with Crippen molar-refractivity contribution in [2.24, 2.45) is 17.3 Å². The molecule has 1 amide bonds. The number of aliphatic carboxylic acids is 1. The summed E-state index contributed by atoms with van der Waals surface area (Å²) < 4.78 is 1.47. The number of carbonyl (C=O) groups is 2. The van der Waals surface area contributed by atoms with Crippen LogP contribution in [-0.4, -0.2) is 36.7 Å². The molecule has 2 atom stereocenters. The molecule has 1 aliphatic carbocycles. The molecule has 0 bridgehead atoms. The number of carboxylic acids is 1. The van der Waals surface area contributed by atoms with E-state index in [1.54, 1.807) is 26.8 Å². The van der Waals surface area contributed by atoms with Gasteiger partial charge in [0, 0.05) is 17.5 Å². The number of nitrogens with zero attached hydrogens (tertiary/aromatic N) is 4. The van der Waals surface area contributed by atoms with Gasteiger partial charge in [0.2, 0.25) is 5.91 Å². The van der Waals surface area contributed by atoms with Crippen molar-refractivity contribution < 1.29 is 14.7 Å². The molecule has 132 valence electrons. The number of amides is 1. The van der Waals surface area contributed by atoms with Gasteiger partial charge in [-0.2, -0.15) is 9.78 Å².